The highest BCUT2D eigenvalue weighted by atomic mass is 16.4. The van der Waals surface area contributed by atoms with Gasteiger partial charge in [0.1, 0.15) is 5.76 Å². The normalized spacial score (nSPS) is 11.3. The van der Waals surface area contributed by atoms with E-state index in [4.69, 9.17) is 4.42 Å². The van der Waals surface area contributed by atoms with E-state index in [9.17, 15) is 0 Å². The summed E-state index contributed by atoms with van der Waals surface area (Å²) in [4.78, 5) is 4.23. The minimum atomic E-state index is 0.616. The van der Waals surface area contributed by atoms with E-state index in [-0.39, 0.29) is 0 Å². The van der Waals surface area contributed by atoms with Crippen LogP contribution in [0, 0.1) is 0 Å². The lowest BCUT2D eigenvalue weighted by Gasteiger charge is -1.99. The molecular weight excluding hydrogens is 252 g/mol. The maximum Gasteiger partial charge on any atom is 0.208 e. The fraction of sp³-hybridized carbons (Fsp3) is 0.333. The molecule has 3 rings (SSSR count). The summed E-state index contributed by atoms with van der Waals surface area (Å²) in [5.41, 5.74) is 2.19. The van der Waals surface area contributed by atoms with Gasteiger partial charge in [-0.25, -0.2) is 4.98 Å². The SMILES string of the molecule is CCc1cnc(CNCc2nn(C)c3ccccc23)o1. The Labute approximate surface area is 117 Å². The van der Waals surface area contributed by atoms with E-state index >= 15 is 0 Å². The lowest BCUT2D eigenvalue weighted by molar-refractivity contribution is 0.438. The van der Waals surface area contributed by atoms with Crippen LogP contribution in [0.1, 0.15) is 24.3 Å². The molecule has 0 radical (unpaired) electrons. The van der Waals surface area contributed by atoms with E-state index in [1.165, 1.54) is 5.39 Å². The average Bonchev–Trinajstić information content (AvgIpc) is 3.05. The Morgan fingerprint density at radius 3 is 2.90 bits per heavy atom. The molecule has 5 heteroatoms. The number of aryl methyl sites for hydroxylation is 2. The summed E-state index contributed by atoms with van der Waals surface area (Å²) < 4.78 is 7.47. The predicted octanol–water partition coefficient (Wildman–Crippen LogP) is 2.41. The highest BCUT2D eigenvalue weighted by molar-refractivity contribution is 5.81. The van der Waals surface area contributed by atoms with E-state index in [0.717, 1.165) is 29.3 Å². The van der Waals surface area contributed by atoms with Gasteiger partial charge in [-0.2, -0.15) is 5.10 Å². The van der Waals surface area contributed by atoms with E-state index in [0.29, 0.717) is 13.1 Å². The second kappa shape index (κ2) is 5.46. The zero-order valence-electron chi connectivity index (χ0n) is 11.8. The Hall–Kier alpha value is -2.14. The number of nitrogens with zero attached hydrogens (tertiary/aromatic N) is 3. The van der Waals surface area contributed by atoms with Gasteiger partial charge in [0.15, 0.2) is 0 Å². The molecule has 0 spiro atoms. The number of benzene rings is 1. The predicted molar refractivity (Wildman–Crippen MR) is 77.1 cm³/mol. The highest BCUT2D eigenvalue weighted by Crippen LogP contribution is 2.17. The fourth-order valence-electron chi connectivity index (χ4n) is 2.30. The van der Waals surface area contributed by atoms with Crippen LogP contribution in [0.3, 0.4) is 0 Å². The van der Waals surface area contributed by atoms with Gasteiger partial charge in [0, 0.05) is 25.4 Å². The van der Waals surface area contributed by atoms with Gasteiger partial charge in [0.2, 0.25) is 5.89 Å². The van der Waals surface area contributed by atoms with Gasteiger partial charge in [-0.15, -0.1) is 0 Å². The number of para-hydroxylation sites is 1. The van der Waals surface area contributed by atoms with Crippen molar-refractivity contribution >= 4 is 10.9 Å². The molecule has 104 valence electrons. The van der Waals surface area contributed by atoms with Crippen molar-refractivity contribution in [2.75, 3.05) is 0 Å². The minimum absolute atomic E-state index is 0.616. The molecule has 2 heterocycles. The summed E-state index contributed by atoms with van der Waals surface area (Å²) in [6, 6.07) is 8.24. The topological polar surface area (TPSA) is 55.9 Å². The van der Waals surface area contributed by atoms with Crippen LogP contribution in [-0.4, -0.2) is 14.8 Å². The first-order chi connectivity index (χ1) is 9.78. The number of aromatic nitrogens is 3. The lowest BCUT2D eigenvalue weighted by atomic mass is 10.2. The zero-order valence-corrected chi connectivity index (χ0v) is 11.8. The van der Waals surface area contributed by atoms with Crippen LogP contribution in [0.15, 0.2) is 34.9 Å². The molecule has 0 saturated carbocycles. The monoisotopic (exact) mass is 270 g/mol. The van der Waals surface area contributed by atoms with Gasteiger partial charge in [0.05, 0.1) is 24.0 Å². The van der Waals surface area contributed by atoms with Crippen LogP contribution in [0.4, 0.5) is 0 Å². The molecule has 0 aliphatic heterocycles. The number of oxazole rings is 1. The molecule has 1 aromatic carbocycles. The van der Waals surface area contributed by atoms with Gasteiger partial charge >= 0.3 is 0 Å². The average molecular weight is 270 g/mol. The van der Waals surface area contributed by atoms with Gasteiger partial charge < -0.3 is 9.73 Å². The Kier molecular flexibility index (Phi) is 3.52. The second-order valence-corrected chi connectivity index (χ2v) is 4.76. The third-order valence-electron chi connectivity index (χ3n) is 3.35. The summed E-state index contributed by atoms with van der Waals surface area (Å²) in [6.45, 7) is 3.37. The van der Waals surface area contributed by atoms with Crippen LogP contribution in [-0.2, 0) is 26.6 Å². The highest BCUT2D eigenvalue weighted by Gasteiger charge is 2.08. The first-order valence-electron chi connectivity index (χ1n) is 6.83. The van der Waals surface area contributed by atoms with Crippen LogP contribution in [0.2, 0.25) is 0 Å². The quantitative estimate of drug-likeness (QED) is 0.773. The molecule has 0 atom stereocenters. The van der Waals surface area contributed by atoms with Crippen molar-refractivity contribution in [3.05, 3.63) is 47.8 Å². The minimum Gasteiger partial charge on any atom is -0.444 e. The van der Waals surface area contributed by atoms with Crippen molar-refractivity contribution in [2.24, 2.45) is 7.05 Å². The molecule has 1 N–H and O–H groups in total. The molecule has 0 amide bonds. The summed E-state index contributed by atoms with van der Waals surface area (Å²) in [6.07, 6.45) is 2.66. The third-order valence-corrected chi connectivity index (χ3v) is 3.35. The largest absolute Gasteiger partial charge is 0.444 e. The molecule has 0 aliphatic rings. The molecule has 2 aromatic heterocycles. The van der Waals surface area contributed by atoms with Crippen molar-refractivity contribution < 1.29 is 4.42 Å². The van der Waals surface area contributed by atoms with Crippen molar-refractivity contribution in [1.82, 2.24) is 20.1 Å². The van der Waals surface area contributed by atoms with Crippen molar-refractivity contribution in [1.29, 1.82) is 0 Å². The molecule has 3 aromatic rings. The lowest BCUT2D eigenvalue weighted by Crippen LogP contribution is -2.13. The van der Waals surface area contributed by atoms with Crippen LogP contribution in [0.5, 0.6) is 0 Å². The Morgan fingerprint density at radius 1 is 1.25 bits per heavy atom. The molecule has 20 heavy (non-hydrogen) atoms. The summed E-state index contributed by atoms with van der Waals surface area (Å²) >= 11 is 0. The van der Waals surface area contributed by atoms with Crippen LogP contribution >= 0.6 is 0 Å². The third kappa shape index (κ3) is 2.44. The zero-order chi connectivity index (χ0) is 13.9. The Bertz CT molecular complexity index is 714. The fourth-order valence-corrected chi connectivity index (χ4v) is 2.30. The molecule has 0 fully saturated rings. The van der Waals surface area contributed by atoms with E-state index in [1.54, 1.807) is 6.20 Å². The van der Waals surface area contributed by atoms with Crippen LogP contribution < -0.4 is 5.32 Å². The summed E-state index contributed by atoms with van der Waals surface area (Å²) in [5, 5.41) is 9.06. The molecular formula is C15H18N4O. The molecule has 0 aliphatic carbocycles. The smallest absolute Gasteiger partial charge is 0.208 e. The van der Waals surface area contributed by atoms with E-state index < -0.39 is 0 Å². The maximum atomic E-state index is 5.56. The van der Waals surface area contributed by atoms with Gasteiger partial charge in [-0.3, -0.25) is 4.68 Å². The molecule has 5 nitrogen and oxygen atoms in total. The van der Waals surface area contributed by atoms with Gasteiger partial charge in [-0.05, 0) is 6.07 Å². The first-order valence-corrected chi connectivity index (χ1v) is 6.83. The standard InChI is InChI=1S/C15H18N4O/c1-3-11-8-17-15(20-11)10-16-9-13-12-6-4-5-7-14(12)19(2)18-13/h4-8,16H,3,9-10H2,1-2H3. The molecule has 0 bridgehead atoms. The molecule has 0 saturated heterocycles. The number of hydrogen-bond acceptors (Lipinski definition) is 4. The Morgan fingerprint density at radius 2 is 2.10 bits per heavy atom. The first kappa shape index (κ1) is 12.9. The second-order valence-electron chi connectivity index (χ2n) is 4.76. The van der Waals surface area contributed by atoms with Crippen LogP contribution in [0.25, 0.3) is 10.9 Å². The van der Waals surface area contributed by atoms with Crippen molar-refractivity contribution in [3.63, 3.8) is 0 Å². The summed E-state index contributed by atoms with van der Waals surface area (Å²) in [7, 11) is 1.97. The number of hydrogen-bond donors (Lipinski definition) is 1. The maximum absolute atomic E-state index is 5.56. The number of rotatable bonds is 5. The molecule has 0 unspecified atom stereocenters. The van der Waals surface area contributed by atoms with E-state index in [2.05, 4.69) is 34.5 Å². The van der Waals surface area contributed by atoms with E-state index in [1.807, 2.05) is 23.9 Å². The summed E-state index contributed by atoms with van der Waals surface area (Å²) in [5.74, 6) is 1.65. The Balaban J connectivity index is 1.68. The van der Waals surface area contributed by atoms with Gasteiger partial charge in [0.25, 0.3) is 0 Å². The van der Waals surface area contributed by atoms with Crippen molar-refractivity contribution in [2.45, 2.75) is 26.4 Å². The number of nitrogens with one attached hydrogen (secondary N) is 1. The van der Waals surface area contributed by atoms with Crippen molar-refractivity contribution in [3.8, 4) is 0 Å². The van der Waals surface area contributed by atoms with Gasteiger partial charge in [-0.1, -0.05) is 25.1 Å². The number of fused-ring (bicyclic) bond motifs is 1.